The van der Waals surface area contributed by atoms with Gasteiger partial charge in [-0.2, -0.15) is 0 Å². The van der Waals surface area contributed by atoms with Gasteiger partial charge in [0.25, 0.3) is 5.91 Å². The summed E-state index contributed by atoms with van der Waals surface area (Å²) in [6.07, 6.45) is 3.54. The van der Waals surface area contributed by atoms with E-state index in [2.05, 4.69) is 27.1 Å². The van der Waals surface area contributed by atoms with E-state index in [-0.39, 0.29) is 5.91 Å². The molecular formula is C24H28N4O3. The smallest absolute Gasteiger partial charge is 0.253 e. The number of hydrogen-bond donors (Lipinski definition) is 2. The number of aldehydes is 1. The molecule has 1 fully saturated rings. The standard InChI is InChI=1S/C24H28N4O3/c1-27-9-11-28(12-10-27)14-25-24(30)20-15-5-3-6-16(15)23-21(17(20)13-29)22-18(26-23)7-4-8-19(22)31-2/h4,7-8,13,26H,3,5-6,9-12,14H2,1-2H3,(H,25,30). The number of fused-ring (bicyclic) bond motifs is 5. The lowest BCUT2D eigenvalue weighted by molar-refractivity contribution is 0.0885. The number of H-pyrrole nitrogens is 1. The summed E-state index contributed by atoms with van der Waals surface area (Å²) in [6.45, 7) is 4.33. The van der Waals surface area contributed by atoms with E-state index in [4.69, 9.17) is 4.74 Å². The summed E-state index contributed by atoms with van der Waals surface area (Å²) in [6, 6.07) is 5.81. The van der Waals surface area contributed by atoms with Crippen molar-refractivity contribution in [2.24, 2.45) is 0 Å². The number of ether oxygens (including phenoxy) is 1. The van der Waals surface area contributed by atoms with Crippen LogP contribution >= 0.6 is 0 Å². The number of benzene rings is 2. The Labute approximate surface area is 181 Å². The van der Waals surface area contributed by atoms with Gasteiger partial charge in [0.1, 0.15) is 5.75 Å². The van der Waals surface area contributed by atoms with Crippen LogP contribution in [-0.4, -0.2) is 74.0 Å². The number of amides is 1. The summed E-state index contributed by atoms with van der Waals surface area (Å²) >= 11 is 0. The van der Waals surface area contributed by atoms with Crippen LogP contribution in [-0.2, 0) is 12.8 Å². The van der Waals surface area contributed by atoms with E-state index in [1.807, 2.05) is 18.2 Å². The normalized spacial score (nSPS) is 17.2. The zero-order chi connectivity index (χ0) is 21.5. The molecule has 0 spiro atoms. The molecule has 0 bridgehead atoms. The summed E-state index contributed by atoms with van der Waals surface area (Å²) in [5.74, 6) is 0.541. The fourth-order valence-corrected chi connectivity index (χ4v) is 5.12. The maximum absolute atomic E-state index is 13.4. The number of rotatable bonds is 5. The van der Waals surface area contributed by atoms with Gasteiger partial charge in [-0.1, -0.05) is 6.07 Å². The van der Waals surface area contributed by atoms with Crippen LogP contribution in [0.25, 0.3) is 21.8 Å². The Bertz CT molecular complexity index is 1170. The van der Waals surface area contributed by atoms with Crippen molar-refractivity contribution in [3.63, 3.8) is 0 Å². The second-order valence-electron chi connectivity index (χ2n) is 8.56. The van der Waals surface area contributed by atoms with Crippen molar-refractivity contribution in [2.45, 2.75) is 19.3 Å². The average Bonchev–Trinajstić information content (AvgIpc) is 3.42. The number of aromatic nitrogens is 1. The molecule has 0 unspecified atom stereocenters. The van der Waals surface area contributed by atoms with Crippen molar-refractivity contribution in [3.05, 3.63) is 40.5 Å². The third-order valence-corrected chi connectivity index (χ3v) is 6.77. The van der Waals surface area contributed by atoms with Gasteiger partial charge in [0.2, 0.25) is 0 Å². The quantitative estimate of drug-likeness (QED) is 0.621. The molecule has 2 aliphatic rings. The Morgan fingerprint density at radius 2 is 1.94 bits per heavy atom. The van der Waals surface area contributed by atoms with Gasteiger partial charge in [-0.05, 0) is 49.6 Å². The third kappa shape index (κ3) is 3.28. The monoisotopic (exact) mass is 420 g/mol. The van der Waals surface area contributed by atoms with E-state index in [0.29, 0.717) is 23.5 Å². The van der Waals surface area contributed by atoms with Crippen LogP contribution < -0.4 is 10.1 Å². The number of piperazine rings is 1. The Hall–Kier alpha value is -2.90. The molecule has 5 rings (SSSR count). The first-order valence-corrected chi connectivity index (χ1v) is 10.9. The molecular weight excluding hydrogens is 392 g/mol. The molecule has 7 heteroatoms. The molecule has 162 valence electrons. The number of nitrogens with one attached hydrogen (secondary N) is 2. The lowest BCUT2D eigenvalue weighted by Crippen LogP contribution is -2.48. The minimum atomic E-state index is -0.162. The third-order valence-electron chi connectivity index (χ3n) is 6.77. The highest BCUT2D eigenvalue weighted by Crippen LogP contribution is 2.41. The molecule has 0 radical (unpaired) electrons. The minimum absolute atomic E-state index is 0.162. The van der Waals surface area contributed by atoms with Crippen LogP contribution in [0.3, 0.4) is 0 Å². The first-order valence-electron chi connectivity index (χ1n) is 10.9. The van der Waals surface area contributed by atoms with E-state index < -0.39 is 0 Å². The molecule has 2 N–H and O–H groups in total. The number of carbonyl (C=O) groups is 2. The van der Waals surface area contributed by atoms with Gasteiger partial charge in [0, 0.05) is 37.1 Å². The van der Waals surface area contributed by atoms with Crippen molar-refractivity contribution < 1.29 is 14.3 Å². The van der Waals surface area contributed by atoms with Gasteiger partial charge < -0.3 is 19.9 Å². The van der Waals surface area contributed by atoms with Crippen LogP contribution in [0.5, 0.6) is 5.75 Å². The average molecular weight is 421 g/mol. The van der Waals surface area contributed by atoms with Crippen LogP contribution in [0, 0.1) is 0 Å². The highest BCUT2D eigenvalue weighted by atomic mass is 16.5. The summed E-state index contributed by atoms with van der Waals surface area (Å²) in [4.78, 5) is 33.8. The maximum atomic E-state index is 13.4. The Morgan fingerprint density at radius 1 is 1.16 bits per heavy atom. The molecule has 1 saturated heterocycles. The second kappa shape index (κ2) is 7.98. The van der Waals surface area contributed by atoms with Crippen molar-refractivity contribution in [3.8, 4) is 5.75 Å². The van der Waals surface area contributed by atoms with E-state index in [1.165, 1.54) is 0 Å². The number of aromatic amines is 1. The van der Waals surface area contributed by atoms with E-state index in [1.54, 1.807) is 7.11 Å². The van der Waals surface area contributed by atoms with Gasteiger partial charge >= 0.3 is 0 Å². The zero-order valence-corrected chi connectivity index (χ0v) is 18.1. The van der Waals surface area contributed by atoms with E-state index >= 15 is 0 Å². The fraction of sp³-hybridized carbons (Fsp3) is 0.417. The molecule has 2 heterocycles. The molecule has 31 heavy (non-hydrogen) atoms. The second-order valence-corrected chi connectivity index (χ2v) is 8.56. The molecule has 0 atom stereocenters. The van der Waals surface area contributed by atoms with Crippen LogP contribution in [0.2, 0.25) is 0 Å². The Balaban J connectivity index is 1.61. The lowest BCUT2D eigenvalue weighted by Gasteiger charge is -2.32. The number of nitrogens with zero attached hydrogens (tertiary/aromatic N) is 2. The summed E-state index contributed by atoms with van der Waals surface area (Å²) in [7, 11) is 3.74. The SMILES string of the molecule is COc1cccc2[nH]c3c4c(c(C(=O)NCN5CCN(C)CC5)c(C=O)c3c12)CCC4. The first-order chi connectivity index (χ1) is 15.1. The van der Waals surface area contributed by atoms with E-state index in [9.17, 15) is 9.59 Å². The largest absolute Gasteiger partial charge is 0.496 e. The van der Waals surface area contributed by atoms with Gasteiger partial charge in [-0.15, -0.1) is 0 Å². The summed E-state index contributed by atoms with van der Waals surface area (Å²) in [5.41, 5.74) is 5.05. The van der Waals surface area contributed by atoms with Crippen molar-refractivity contribution in [1.29, 1.82) is 0 Å². The van der Waals surface area contributed by atoms with Gasteiger partial charge in [0.05, 0.1) is 35.8 Å². The minimum Gasteiger partial charge on any atom is -0.496 e. The Morgan fingerprint density at radius 3 is 2.68 bits per heavy atom. The van der Waals surface area contributed by atoms with Gasteiger partial charge in [-0.3, -0.25) is 14.5 Å². The van der Waals surface area contributed by atoms with Gasteiger partial charge in [-0.25, -0.2) is 0 Å². The maximum Gasteiger partial charge on any atom is 0.253 e. The number of carbonyl (C=O) groups excluding carboxylic acids is 2. The Kier molecular flexibility index (Phi) is 5.16. The molecule has 1 aliphatic heterocycles. The number of methoxy groups -OCH3 is 1. The molecule has 3 aromatic rings. The molecule has 1 aromatic heterocycles. The topological polar surface area (TPSA) is 77.7 Å². The van der Waals surface area contributed by atoms with Gasteiger partial charge in [0.15, 0.2) is 6.29 Å². The summed E-state index contributed by atoms with van der Waals surface area (Å²) in [5, 5.41) is 4.75. The van der Waals surface area contributed by atoms with Crippen molar-refractivity contribution in [2.75, 3.05) is 47.0 Å². The highest BCUT2D eigenvalue weighted by molar-refractivity contribution is 6.21. The molecule has 1 amide bonds. The number of hydrogen-bond acceptors (Lipinski definition) is 5. The van der Waals surface area contributed by atoms with Crippen molar-refractivity contribution in [1.82, 2.24) is 20.1 Å². The van der Waals surface area contributed by atoms with Crippen LogP contribution in [0.4, 0.5) is 0 Å². The first kappa shape index (κ1) is 20.0. The van der Waals surface area contributed by atoms with Crippen LogP contribution in [0.1, 0.15) is 38.3 Å². The number of aryl methyl sites for hydroxylation is 1. The molecule has 7 nitrogen and oxygen atoms in total. The van der Waals surface area contributed by atoms with E-state index in [0.717, 1.165) is 84.7 Å². The fourth-order valence-electron chi connectivity index (χ4n) is 5.12. The molecule has 2 aromatic carbocycles. The van der Waals surface area contributed by atoms with Crippen molar-refractivity contribution >= 4 is 34.0 Å². The molecule has 0 saturated carbocycles. The lowest BCUT2D eigenvalue weighted by atomic mass is 9.92. The number of likely N-dealkylation sites (N-methyl/N-ethyl adjacent to an activating group) is 1. The van der Waals surface area contributed by atoms with Crippen LogP contribution in [0.15, 0.2) is 18.2 Å². The predicted molar refractivity (Wildman–Crippen MR) is 121 cm³/mol. The molecule has 1 aliphatic carbocycles. The highest BCUT2D eigenvalue weighted by Gasteiger charge is 2.29. The summed E-state index contributed by atoms with van der Waals surface area (Å²) < 4.78 is 5.60. The zero-order valence-electron chi connectivity index (χ0n) is 18.1. The predicted octanol–water partition coefficient (Wildman–Crippen LogP) is 2.57.